The Labute approximate surface area is 77.5 Å². The monoisotopic (exact) mass is 250 g/mol. The van der Waals surface area contributed by atoms with Gasteiger partial charge >= 0.3 is 0 Å². The third kappa shape index (κ3) is 1.88. The molecule has 1 rings (SSSR count). The molecule has 1 unspecified atom stereocenters. The first-order chi connectivity index (χ1) is 4.77. The summed E-state index contributed by atoms with van der Waals surface area (Å²) in [6.07, 6.45) is 2.56. The zero-order valence-electron chi connectivity index (χ0n) is 6.22. The van der Waals surface area contributed by atoms with Crippen molar-refractivity contribution in [2.75, 3.05) is 4.43 Å². The normalized spacial score (nSPS) is 40.4. The van der Waals surface area contributed by atoms with E-state index in [9.17, 15) is 0 Å². The number of ether oxygens (including phenoxy) is 1. The second kappa shape index (κ2) is 3.95. The number of alkyl halides is 1. The van der Waals surface area contributed by atoms with Crippen LogP contribution in [0.2, 0.25) is 0 Å². The van der Waals surface area contributed by atoms with Crippen molar-refractivity contribution in [1.29, 1.82) is 0 Å². The summed E-state index contributed by atoms with van der Waals surface area (Å²) in [6.45, 7) is 2.15. The SMILES string of the molecule is [B][C@H]1CC(CI)[C@@H](CC)O1. The molecule has 3 heteroatoms. The van der Waals surface area contributed by atoms with Crippen LogP contribution in [0.3, 0.4) is 0 Å². The van der Waals surface area contributed by atoms with Crippen molar-refractivity contribution in [2.45, 2.75) is 31.9 Å². The van der Waals surface area contributed by atoms with E-state index in [4.69, 9.17) is 12.6 Å². The molecule has 3 atom stereocenters. The minimum absolute atomic E-state index is 0.00437. The van der Waals surface area contributed by atoms with Gasteiger partial charge in [-0.05, 0) is 18.8 Å². The fourth-order valence-corrected chi connectivity index (χ4v) is 2.36. The summed E-state index contributed by atoms with van der Waals surface area (Å²) in [4.78, 5) is 0. The summed E-state index contributed by atoms with van der Waals surface area (Å²) in [5, 5.41) is 0. The van der Waals surface area contributed by atoms with E-state index in [2.05, 4.69) is 29.5 Å². The molecule has 1 heterocycles. The van der Waals surface area contributed by atoms with E-state index in [0.717, 1.165) is 12.8 Å². The molecule has 2 radical (unpaired) electrons. The molecule has 10 heavy (non-hydrogen) atoms. The van der Waals surface area contributed by atoms with E-state index in [1.807, 2.05) is 0 Å². The minimum atomic E-state index is 0.00437. The average molecular weight is 250 g/mol. The van der Waals surface area contributed by atoms with Crippen molar-refractivity contribution in [3.05, 3.63) is 0 Å². The predicted octanol–water partition coefficient (Wildman–Crippen LogP) is 1.73. The van der Waals surface area contributed by atoms with Gasteiger partial charge in [0, 0.05) is 10.4 Å². The summed E-state index contributed by atoms with van der Waals surface area (Å²) >= 11 is 2.40. The molecule has 0 aromatic rings. The topological polar surface area (TPSA) is 9.23 Å². The summed E-state index contributed by atoms with van der Waals surface area (Å²) in [5.41, 5.74) is 0. The smallest absolute Gasteiger partial charge is 0.109 e. The standard InChI is InChI=1S/C7H12BIO/c1-2-6-5(4-9)3-7(8)10-6/h5-7H,2-4H2,1H3/t5?,6-,7-/m1/s1. The Bertz CT molecular complexity index is 97.8. The Morgan fingerprint density at radius 1 is 1.70 bits per heavy atom. The third-order valence-corrected chi connectivity index (χ3v) is 3.14. The van der Waals surface area contributed by atoms with Crippen molar-refractivity contribution in [1.82, 2.24) is 0 Å². The highest BCUT2D eigenvalue weighted by molar-refractivity contribution is 14.1. The van der Waals surface area contributed by atoms with Crippen LogP contribution in [0.15, 0.2) is 0 Å². The summed E-state index contributed by atoms with van der Waals surface area (Å²) in [7, 11) is 5.64. The van der Waals surface area contributed by atoms with Crippen molar-refractivity contribution >= 4 is 30.4 Å². The van der Waals surface area contributed by atoms with Crippen LogP contribution in [-0.4, -0.2) is 24.4 Å². The molecule has 0 amide bonds. The second-order valence-corrected chi connectivity index (χ2v) is 3.65. The van der Waals surface area contributed by atoms with Gasteiger partial charge in [-0.2, -0.15) is 0 Å². The molecule has 0 aliphatic carbocycles. The van der Waals surface area contributed by atoms with Gasteiger partial charge in [0.2, 0.25) is 0 Å². The van der Waals surface area contributed by atoms with Gasteiger partial charge in [-0.1, -0.05) is 29.5 Å². The molecule has 0 N–H and O–H groups in total. The van der Waals surface area contributed by atoms with Crippen molar-refractivity contribution in [2.24, 2.45) is 5.92 Å². The molecule has 0 aromatic carbocycles. The molecular formula is C7H12BIO. The molecule has 1 aliphatic heterocycles. The molecule has 1 fully saturated rings. The first-order valence-electron chi connectivity index (χ1n) is 3.75. The van der Waals surface area contributed by atoms with E-state index >= 15 is 0 Å². The molecule has 0 aromatic heterocycles. The highest BCUT2D eigenvalue weighted by Gasteiger charge is 2.29. The summed E-state index contributed by atoms with van der Waals surface area (Å²) in [6, 6.07) is 0.00437. The fraction of sp³-hybridized carbons (Fsp3) is 1.00. The average Bonchev–Trinajstić information content (AvgIpc) is 2.30. The Hall–Kier alpha value is 0.755. The van der Waals surface area contributed by atoms with Crippen molar-refractivity contribution < 1.29 is 4.74 Å². The van der Waals surface area contributed by atoms with Gasteiger partial charge in [-0.25, -0.2) is 0 Å². The second-order valence-electron chi connectivity index (χ2n) is 2.77. The van der Waals surface area contributed by atoms with E-state index in [1.54, 1.807) is 0 Å². The van der Waals surface area contributed by atoms with Gasteiger partial charge in [-0.15, -0.1) is 0 Å². The van der Waals surface area contributed by atoms with Crippen LogP contribution in [-0.2, 0) is 4.74 Å². The number of hydrogen-bond donors (Lipinski definition) is 0. The Morgan fingerprint density at radius 2 is 2.40 bits per heavy atom. The van der Waals surface area contributed by atoms with Crippen LogP contribution < -0.4 is 0 Å². The quantitative estimate of drug-likeness (QED) is 0.412. The van der Waals surface area contributed by atoms with E-state index in [1.165, 1.54) is 4.43 Å². The molecule has 1 aliphatic rings. The molecule has 0 bridgehead atoms. The largest absolute Gasteiger partial charge is 0.384 e. The lowest BCUT2D eigenvalue weighted by molar-refractivity contribution is 0.0729. The van der Waals surface area contributed by atoms with Gasteiger partial charge in [-0.3, -0.25) is 0 Å². The molecular weight excluding hydrogens is 238 g/mol. The van der Waals surface area contributed by atoms with E-state index in [0.29, 0.717) is 12.0 Å². The molecule has 0 saturated carbocycles. The van der Waals surface area contributed by atoms with E-state index < -0.39 is 0 Å². The number of halogens is 1. The molecule has 1 nitrogen and oxygen atoms in total. The van der Waals surface area contributed by atoms with Crippen molar-refractivity contribution in [3.8, 4) is 0 Å². The fourth-order valence-electron chi connectivity index (χ4n) is 1.43. The van der Waals surface area contributed by atoms with Crippen molar-refractivity contribution in [3.63, 3.8) is 0 Å². The highest BCUT2D eigenvalue weighted by Crippen LogP contribution is 2.28. The van der Waals surface area contributed by atoms with Gasteiger partial charge < -0.3 is 4.74 Å². The number of rotatable bonds is 2. The molecule has 0 spiro atoms. The first kappa shape index (κ1) is 8.85. The Morgan fingerprint density at radius 3 is 2.80 bits per heavy atom. The van der Waals surface area contributed by atoms with Gasteiger partial charge in [0.25, 0.3) is 0 Å². The maximum Gasteiger partial charge on any atom is 0.109 e. The maximum absolute atomic E-state index is 5.64. The van der Waals surface area contributed by atoms with Gasteiger partial charge in [0.1, 0.15) is 7.85 Å². The first-order valence-corrected chi connectivity index (χ1v) is 5.27. The van der Waals surface area contributed by atoms with Crippen LogP contribution >= 0.6 is 22.6 Å². The highest BCUT2D eigenvalue weighted by atomic mass is 127. The minimum Gasteiger partial charge on any atom is -0.384 e. The molecule has 1 saturated heterocycles. The zero-order valence-corrected chi connectivity index (χ0v) is 8.37. The molecule has 56 valence electrons. The Kier molecular flexibility index (Phi) is 3.50. The lowest BCUT2D eigenvalue weighted by atomic mass is 9.91. The zero-order chi connectivity index (χ0) is 7.56. The lowest BCUT2D eigenvalue weighted by Gasteiger charge is -2.13. The lowest BCUT2D eigenvalue weighted by Crippen LogP contribution is -2.15. The van der Waals surface area contributed by atoms with Crippen LogP contribution in [0.5, 0.6) is 0 Å². The van der Waals surface area contributed by atoms with Gasteiger partial charge in [0.15, 0.2) is 0 Å². The Balaban J connectivity index is 2.41. The van der Waals surface area contributed by atoms with Crippen LogP contribution in [0.25, 0.3) is 0 Å². The van der Waals surface area contributed by atoms with Gasteiger partial charge in [0.05, 0.1) is 6.10 Å². The predicted molar refractivity (Wildman–Crippen MR) is 51.7 cm³/mol. The maximum atomic E-state index is 5.64. The summed E-state index contributed by atoms with van der Waals surface area (Å²) < 4.78 is 6.66. The van der Waals surface area contributed by atoms with Crippen LogP contribution in [0.1, 0.15) is 19.8 Å². The third-order valence-electron chi connectivity index (χ3n) is 2.01. The number of hydrogen-bond acceptors (Lipinski definition) is 1. The van der Waals surface area contributed by atoms with Crippen LogP contribution in [0, 0.1) is 5.92 Å². The van der Waals surface area contributed by atoms with Crippen LogP contribution in [0.4, 0.5) is 0 Å². The van der Waals surface area contributed by atoms with E-state index in [-0.39, 0.29) is 6.00 Å². The summed E-state index contributed by atoms with van der Waals surface area (Å²) in [5.74, 6) is 0.695.